The van der Waals surface area contributed by atoms with Gasteiger partial charge in [0.15, 0.2) is 0 Å². The highest BCUT2D eigenvalue weighted by molar-refractivity contribution is 6.13. The first kappa shape index (κ1) is 41.5. The summed E-state index contributed by atoms with van der Waals surface area (Å²) in [6.07, 6.45) is 5.76. The maximum atomic E-state index is 2.59. The van der Waals surface area contributed by atoms with Gasteiger partial charge in [0.25, 0.3) is 0 Å². The summed E-state index contributed by atoms with van der Waals surface area (Å²) in [5, 5.41) is 10.1. The SMILES string of the molecule is C1=C2c3ccc(-n4c5ccccc5c5ccccc54)cc3C3(c4cc(-n5c6ccccc6c6ccccc65)ccc4-c4ccc(-n5c6ccccc6c6ccccc65)cc43)C2CC(n2c3ccccc3c3ccccc32)=C1. The quantitative estimate of drug-likeness (QED) is 0.167. The number of allylic oxidation sites excluding steroid dienone is 4. The highest BCUT2D eigenvalue weighted by atomic mass is 15.0. The highest BCUT2D eigenvalue weighted by Crippen LogP contribution is 2.67. The predicted molar refractivity (Wildman–Crippen MR) is 321 cm³/mol. The van der Waals surface area contributed by atoms with Gasteiger partial charge in [-0.15, -0.1) is 0 Å². The molecule has 4 nitrogen and oxygen atoms in total. The molecule has 3 aliphatic rings. The van der Waals surface area contributed by atoms with Crippen molar-refractivity contribution < 1.29 is 0 Å². The summed E-state index contributed by atoms with van der Waals surface area (Å²) in [4.78, 5) is 0. The van der Waals surface area contributed by atoms with Gasteiger partial charge in [-0.2, -0.15) is 0 Å². The molecule has 1 atom stereocenters. The standard InChI is InChI=1S/C73H46N4/c1-9-25-65-53(17-1)54-18-2-10-26-66(54)74(65)45-33-37-49-50-38-34-46(75-67-27-11-3-19-55(67)56-20-4-12-28-68(56)75)42-62(50)73(61(49)41-45)63-43-47(76-69-29-13-5-21-57(69)58-22-6-14-30-70(58)76)35-39-51(63)52-40-36-48(44-64(52)73)77-71-31-15-7-23-59(71)60-24-8-16-32-72(60)77/h1-43,64H,44H2. The Balaban J connectivity index is 0.972. The van der Waals surface area contributed by atoms with Crippen molar-refractivity contribution in [3.05, 3.63) is 283 Å². The number of para-hydroxylation sites is 8. The summed E-state index contributed by atoms with van der Waals surface area (Å²) in [5.41, 5.74) is 23.3. The molecule has 0 saturated heterocycles. The van der Waals surface area contributed by atoms with E-state index in [0.29, 0.717) is 0 Å². The van der Waals surface area contributed by atoms with E-state index in [-0.39, 0.29) is 5.92 Å². The fourth-order valence-corrected chi connectivity index (χ4v) is 15.1. The maximum Gasteiger partial charge on any atom is 0.0544 e. The molecule has 0 fully saturated rings. The Labute approximate surface area is 443 Å². The number of benzene rings is 11. The molecular formula is C73H46N4. The number of nitrogens with zero attached hydrogens (tertiary/aromatic N) is 4. The number of hydrogen-bond acceptors (Lipinski definition) is 0. The summed E-state index contributed by atoms with van der Waals surface area (Å²) < 4.78 is 10.1. The van der Waals surface area contributed by atoms with Gasteiger partial charge in [-0.05, 0) is 136 Å². The molecule has 4 heteroatoms. The second-order valence-electron chi connectivity index (χ2n) is 21.5. The van der Waals surface area contributed by atoms with E-state index in [0.717, 1.165) is 6.42 Å². The fraction of sp³-hybridized carbons (Fsp3) is 0.0411. The van der Waals surface area contributed by atoms with E-state index in [4.69, 9.17) is 0 Å². The van der Waals surface area contributed by atoms with Gasteiger partial charge in [0, 0.05) is 71.8 Å². The Hall–Kier alpha value is -9.90. The van der Waals surface area contributed by atoms with E-state index < -0.39 is 5.41 Å². The summed E-state index contributed by atoms with van der Waals surface area (Å²) in [6, 6.07) is 93.8. The molecule has 0 aliphatic heterocycles. The van der Waals surface area contributed by atoms with Gasteiger partial charge in [-0.1, -0.05) is 170 Å². The lowest BCUT2D eigenvalue weighted by Gasteiger charge is -2.38. The van der Waals surface area contributed by atoms with E-state index in [2.05, 4.69) is 279 Å². The number of aromatic nitrogens is 4. The summed E-state index contributed by atoms with van der Waals surface area (Å²) in [7, 11) is 0. The smallest absolute Gasteiger partial charge is 0.0544 e. The lowest BCUT2D eigenvalue weighted by atomic mass is 9.65. The Kier molecular flexibility index (Phi) is 8.14. The van der Waals surface area contributed by atoms with Crippen LogP contribution in [0.15, 0.2) is 261 Å². The zero-order valence-electron chi connectivity index (χ0n) is 41.9. The topological polar surface area (TPSA) is 19.7 Å². The van der Waals surface area contributed by atoms with E-state index in [1.807, 2.05) is 0 Å². The zero-order valence-corrected chi connectivity index (χ0v) is 41.9. The third-order valence-corrected chi connectivity index (χ3v) is 18.0. The normalized spacial score (nSPS) is 15.4. The van der Waals surface area contributed by atoms with Crippen molar-refractivity contribution in [1.29, 1.82) is 0 Å². The van der Waals surface area contributed by atoms with Gasteiger partial charge in [0.2, 0.25) is 0 Å². The Morgan fingerprint density at radius 3 is 0.870 bits per heavy atom. The van der Waals surface area contributed by atoms with Crippen LogP contribution in [-0.4, -0.2) is 18.3 Å². The van der Waals surface area contributed by atoms with Crippen LogP contribution in [0.3, 0.4) is 0 Å². The van der Waals surface area contributed by atoms with Gasteiger partial charge in [-0.3, -0.25) is 0 Å². The van der Waals surface area contributed by atoms with Crippen LogP contribution in [-0.2, 0) is 5.41 Å². The second-order valence-corrected chi connectivity index (χ2v) is 21.5. The third kappa shape index (κ3) is 5.31. The minimum absolute atomic E-state index is 0.0348. The van der Waals surface area contributed by atoms with Gasteiger partial charge in [0.05, 0.1) is 49.5 Å². The molecular weight excluding hydrogens is 933 g/mol. The van der Waals surface area contributed by atoms with Gasteiger partial charge in [0.1, 0.15) is 0 Å². The molecule has 0 bridgehead atoms. The molecule has 11 aromatic carbocycles. The zero-order chi connectivity index (χ0) is 50.1. The molecule has 358 valence electrons. The summed E-state index contributed by atoms with van der Waals surface area (Å²) >= 11 is 0. The Bertz CT molecular complexity index is 4780. The highest BCUT2D eigenvalue weighted by Gasteiger charge is 2.57. The minimum Gasteiger partial charge on any atom is -0.313 e. The number of fused-ring (bicyclic) bond motifs is 22. The van der Waals surface area contributed by atoms with E-state index >= 15 is 0 Å². The monoisotopic (exact) mass is 978 g/mol. The van der Waals surface area contributed by atoms with Crippen molar-refractivity contribution in [3.8, 4) is 28.2 Å². The Morgan fingerprint density at radius 1 is 0.273 bits per heavy atom. The van der Waals surface area contributed by atoms with Gasteiger partial charge >= 0.3 is 0 Å². The molecule has 18 rings (SSSR count). The van der Waals surface area contributed by atoms with Crippen LogP contribution in [0, 0.1) is 5.92 Å². The third-order valence-electron chi connectivity index (χ3n) is 18.0. The van der Waals surface area contributed by atoms with Crippen LogP contribution in [0.2, 0.25) is 0 Å². The van der Waals surface area contributed by atoms with Crippen LogP contribution in [0.4, 0.5) is 0 Å². The molecule has 3 aliphatic carbocycles. The largest absolute Gasteiger partial charge is 0.313 e. The molecule has 1 spiro atoms. The van der Waals surface area contributed by atoms with Crippen molar-refractivity contribution in [3.63, 3.8) is 0 Å². The molecule has 77 heavy (non-hydrogen) atoms. The average Bonchev–Trinajstić information content (AvgIpc) is 4.40. The first-order valence-electron chi connectivity index (χ1n) is 27.0. The lowest BCUT2D eigenvalue weighted by Crippen LogP contribution is -2.34. The first-order chi connectivity index (χ1) is 38.2. The first-order valence-corrected chi connectivity index (χ1v) is 27.0. The van der Waals surface area contributed by atoms with Crippen molar-refractivity contribution in [1.82, 2.24) is 18.3 Å². The van der Waals surface area contributed by atoms with Crippen molar-refractivity contribution in [2.24, 2.45) is 5.92 Å². The predicted octanol–water partition coefficient (Wildman–Crippen LogP) is 18.4. The van der Waals surface area contributed by atoms with Crippen molar-refractivity contribution in [2.75, 3.05) is 0 Å². The molecule has 4 heterocycles. The van der Waals surface area contributed by atoms with Gasteiger partial charge in [-0.25, -0.2) is 0 Å². The molecule has 15 aromatic rings. The average molecular weight is 979 g/mol. The molecule has 4 aromatic heterocycles. The number of hydrogen-bond donors (Lipinski definition) is 0. The molecule has 0 N–H and O–H groups in total. The maximum absolute atomic E-state index is 2.59. The van der Waals surface area contributed by atoms with E-state index in [1.165, 1.54) is 149 Å². The Morgan fingerprint density at radius 2 is 0.545 bits per heavy atom. The summed E-state index contributed by atoms with van der Waals surface area (Å²) in [6.45, 7) is 0. The van der Waals surface area contributed by atoms with Crippen LogP contribution in [0.1, 0.15) is 28.7 Å². The van der Waals surface area contributed by atoms with E-state index in [9.17, 15) is 0 Å². The summed E-state index contributed by atoms with van der Waals surface area (Å²) in [5.74, 6) is 0.0348. The van der Waals surface area contributed by atoms with Crippen LogP contribution < -0.4 is 0 Å². The fourth-order valence-electron chi connectivity index (χ4n) is 15.1. The molecule has 0 amide bonds. The number of rotatable bonds is 4. The second kappa shape index (κ2) is 15.1. The van der Waals surface area contributed by atoms with Gasteiger partial charge < -0.3 is 18.3 Å². The molecule has 0 saturated carbocycles. The molecule has 1 unspecified atom stereocenters. The van der Waals surface area contributed by atoms with E-state index in [1.54, 1.807) is 0 Å². The lowest BCUT2D eigenvalue weighted by molar-refractivity contribution is 0.495. The van der Waals surface area contributed by atoms with Crippen LogP contribution in [0.25, 0.3) is 127 Å². The minimum atomic E-state index is -0.623. The van der Waals surface area contributed by atoms with Crippen molar-refractivity contribution >= 4 is 98.5 Å². The van der Waals surface area contributed by atoms with Crippen LogP contribution in [0.5, 0.6) is 0 Å². The molecule has 0 radical (unpaired) electrons. The van der Waals surface area contributed by atoms with Crippen LogP contribution >= 0.6 is 0 Å². The van der Waals surface area contributed by atoms with Crippen molar-refractivity contribution in [2.45, 2.75) is 11.8 Å².